The molecule has 6 aromatic rings. The summed E-state index contributed by atoms with van der Waals surface area (Å²) in [6.45, 7) is 7.85. The van der Waals surface area contributed by atoms with Crippen LogP contribution >= 0.6 is 0 Å². The smallest absolute Gasteiger partial charge is 0.258 e. The van der Waals surface area contributed by atoms with E-state index in [2.05, 4.69) is 56.3 Å². The van der Waals surface area contributed by atoms with Crippen LogP contribution in [0.15, 0.2) is 146 Å². The van der Waals surface area contributed by atoms with Crippen molar-refractivity contribution in [2.24, 2.45) is 0 Å². The molecular formula is C54H45N3O3. The molecule has 10 aliphatic heterocycles. The van der Waals surface area contributed by atoms with E-state index in [4.69, 9.17) is 0 Å². The van der Waals surface area contributed by atoms with Gasteiger partial charge in [-0.3, -0.25) is 14.4 Å². The van der Waals surface area contributed by atoms with Gasteiger partial charge in [0.15, 0.2) is 0 Å². The largest absolute Gasteiger partial charge is 0.308 e. The van der Waals surface area contributed by atoms with E-state index in [-0.39, 0.29) is 17.7 Å². The Morgan fingerprint density at radius 1 is 0.300 bits per heavy atom. The Kier molecular flexibility index (Phi) is 13.0. The van der Waals surface area contributed by atoms with E-state index in [9.17, 15) is 14.4 Å². The normalized spacial score (nSPS) is 12.7. The summed E-state index contributed by atoms with van der Waals surface area (Å²) in [5.41, 5.74) is 8.92. The average Bonchev–Trinajstić information content (AvgIpc) is 3.30. The molecule has 0 saturated carbocycles. The van der Waals surface area contributed by atoms with Gasteiger partial charge in [-0.15, -0.1) is 0 Å². The first-order valence-electron chi connectivity index (χ1n) is 20.5. The fraction of sp³-hybridized carbons (Fsp3) is 0.167. The number of benzene rings is 6. The van der Waals surface area contributed by atoms with Crippen LogP contribution in [0.1, 0.15) is 104 Å². The molecule has 0 aliphatic carbocycles. The standard InChI is InChI=1S/C54H45N3O3/c1-4-37-55-49-31-19-43(20-32-49)10-7-41-15-27-47(28-16-41)53(59)57(39-6-3)51-35-23-45(24-36-51)12-9-42-17-29-48(30-18-42)54(60)56(38-5-2)50-33-21-44(22-34-50)11-8-40-13-25-46(26-14-40)52(55)58/h13-36H,4-6,37-39H2,1-3H3. The number of hydrogen-bond acceptors (Lipinski definition) is 3. The van der Waals surface area contributed by atoms with E-state index in [1.165, 1.54) is 0 Å². The number of carbonyl (C=O) groups excluding carboxylic acids is 3. The SMILES string of the molecule is CCCN1C(=O)c2ccc(cc2)C#Cc2ccc(cc2)N(CCC)C(=O)c2ccc(cc2)C#Cc2ccc(cc2)N(CCC)C(=O)c2ccc(cc2)C#Cc2ccc1cc2. The number of hydrogen-bond donors (Lipinski definition) is 0. The van der Waals surface area contributed by atoms with E-state index < -0.39 is 0 Å². The van der Waals surface area contributed by atoms with Gasteiger partial charge in [-0.1, -0.05) is 56.3 Å². The van der Waals surface area contributed by atoms with Gasteiger partial charge in [0.25, 0.3) is 17.7 Å². The molecule has 3 amide bonds. The summed E-state index contributed by atoms with van der Waals surface area (Å²) in [4.78, 5) is 46.6. The van der Waals surface area contributed by atoms with Crippen LogP contribution in [-0.4, -0.2) is 37.4 Å². The Morgan fingerprint density at radius 3 is 0.667 bits per heavy atom. The van der Waals surface area contributed by atoms with E-state index in [0.29, 0.717) is 36.3 Å². The van der Waals surface area contributed by atoms with Crippen molar-refractivity contribution in [3.63, 3.8) is 0 Å². The third-order valence-electron chi connectivity index (χ3n) is 10.1. The molecule has 6 heteroatoms. The van der Waals surface area contributed by atoms with Crippen LogP contribution in [0.3, 0.4) is 0 Å². The first kappa shape index (κ1) is 40.6. The summed E-state index contributed by atoms with van der Waals surface area (Å²) in [5, 5.41) is 0. The molecule has 12 bridgehead atoms. The molecule has 0 N–H and O–H groups in total. The zero-order chi connectivity index (χ0) is 41.8. The van der Waals surface area contributed by atoms with Crippen LogP contribution in [-0.2, 0) is 0 Å². The molecule has 0 fully saturated rings. The van der Waals surface area contributed by atoms with Gasteiger partial charge in [0.2, 0.25) is 0 Å². The molecule has 294 valence electrons. The number of carbonyl (C=O) groups is 3. The summed E-state index contributed by atoms with van der Waals surface area (Å²) >= 11 is 0. The highest BCUT2D eigenvalue weighted by molar-refractivity contribution is 6.07. The van der Waals surface area contributed by atoms with Crippen LogP contribution in [0.5, 0.6) is 0 Å². The first-order valence-corrected chi connectivity index (χ1v) is 20.5. The minimum Gasteiger partial charge on any atom is -0.308 e. The molecule has 16 rings (SSSR count). The summed E-state index contributed by atoms with van der Waals surface area (Å²) in [5.74, 6) is 19.0. The summed E-state index contributed by atoms with van der Waals surface area (Å²) in [7, 11) is 0. The zero-order valence-electron chi connectivity index (χ0n) is 34.2. The molecule has 10 heterocycles. The van der Waals surface area contributed by atoms with Crippen molar-refractivity contribution in [3.05, 3.63) is 196 Å². The third kappa shape index (κ3) is 9.74. The highest BCUT2D eigenvalue weighted by Gasteiger charge is 2.20. The molecule has 6 nitrogen and oxygen atoms in total. The maximum Gasteiger partial charge on any atom is 0.258 e. The topological polar surface area (TPSA) is 60.9 Å². The number of amides is 3. The van der Waals surface area contributed by atoms with Crippen LogP contribution in [0.2, 0.25) is 0 Å². The fourth-order valence-corrected chi connectivity index (χ4v) is 6.88. The molecule has 0 unspecified atom stereocenters. The molecule has 60 heavy (non-hydrogen) atoms. The second kappa shape index (κ2) is 19.2. The minimum absolute atomic E-state index is 0.0889. The second-order valence-corrected chi connectivity index (χ2v) is 14.5. The molecule has 10 aliphatic rings. The highest BCUT2D eigenvalue weighted by Crippen LogP contribution is 2.23. The monoisotopic (exact) mass is 783 g/mol. The van der Waals surface area contributed by atoms with E-state index in [0.717, 1.165) is 69.7 Å². The molecule has 0 saturated heterocycles. The van der Waals surface area contributed by atoms with E-state index >= 15 is 0 Å². The Bertz CT molecular complexity index is 2360. The van der Waals surface area contributed by atoms with Gasteiger partial charge in [0.1, 0.15) is 0 Å². The molecular weight excluding hydrogens is 739 g/mol. The van der Waals surface area contributed by atoms with Gasteiger partial charge < -0.3 is 14.7 Å². The summed E-state index contributed by atoms with van der Waals surface area (Å²) in [6.07, 6.45) is 2.38. The van der Waals surface area contributed by atoms with Crippen molar-refractivity contribution in [3.8, 4) is 35.5 Å². The fourth-order valence-electron chi connectivity index (χ4n) is 6.88. The van der Waals surface area contributed by atoms with Crippen LogP contribution < -0.4 is 14.7 Å². The Hall–Kier alpha value is -7.59. The average molecular weight is 784 g/mol. The zero-order valence-corrected chi connectivity index (χ0v) is 34.2. The van der Waals surface area contributed by atoms with Gasteiger partial charge in [0.05, 0.1) is 0 Å². The lowest BCUT2D eigenvalue weighted by atomic mass is 10.1. The Labute approximate surface area is 353 Å². The van der Waals surface area contributed by atoms with Crippen molar-refractivity contribution < 1.29 is 14.4 Å². The number of anilines is 3. The predicted octanol–water partition coefficient (Wildman–Crippen LogP) is 10.4. The minimum atomic E-state index is -0.0889. The first-order chi connectivity index (χ1) is 29.3. The molecule has 0 aromatic heterocycles. The van der Waals surface area contributed by atoms with Crippen molar-refractivity contribution >= 4 is 34.8 Å². The van der Waals surface area contributed by atoms with Crippen molar-refractivity contribution in [1.29, 1.82) is 0 Å². The van der Waals surface area contributed by atoms with Gasteiger partial charge in [-0.25, -0.2) is 0 Å². The van der Waals surface area contributed by atoms with Gasteiger partial charge in [-0.05, 0) is 165 Å². The molecule has 0 spiro atoms. The summed E-state index contributed by atoms with van der Waals surface area (Å²) in [6, 6.07) is 45.2. The second-order valence-electron chi connectivity index (χ2n) is 14.5. The number of nitrogens with zero attached hydrogens (tertiary/aromatic N) is 3. The van der Waals surface area contributed by atoms with Crippen LogP contribution in [0.4, 0.5) is 17.1 Å². The number of rotatable bonds is 6. The summed E-state index contributed by atoms with van der Waals surface area (Å²) < 4.78 is 0. The van der Waals surface area contributed by atoms with Gasteiger partial charge in [-0.2, -0.15) is 0 Å². The lowest BCUT2D eigenvalue weighted by molar-refractivity contribution is 0.0979. The third-order valence-corrected chi connectivity index (χ3v) is 10.1. The quantitative estimate of drug-likeness (QED) is 0.158. The van der Waals surface area contributed by atoms with Crippen molar-refractivity contribution in [2.75, 3.05) is 34.3 Å². The maximum atomic E-state index is 13.8. The van der Waals surface area contributed by atoms with Crippen molar-refractivity contribution in [1.82, 2.24) is 0 Å². The van der Waals surface area contributed by atoms with Crippen LogP contribution in [0.25, 0.3) is 0 Å². The lowest BCUT2D eigenvalue weighted by Gasteiger charge is -2.22. The van der Waals surface area contributed by atoms with Crippen LogP contribution in [0, 0.1) is 35.5 Å². The Morgan fingerprint density at radius 2 is 0.483 bits per heavy atom. The predicted molar refractivity (Wildman–Crippen MR) is 242 cm³/mol. The maximum absolute atomic E-state index is 13.8. The lowest BCUT2D eigenvalue weighted by Crippen LogP contribution is -2.31. The van der Waals surface area contributed by atoms with E-state index in [1.54, 1.807) is 14.7 Å². The highest BCUT2D eigenvalue weighted by atomic mass is 16.2. The van der Waals surface area contributed by atoms with E-state index in [1.807, 2.05) is 146 Å². The van der Waals surface area contributed by atoms with Crippen molar-refractivity contribution in [2.45, 2.75) is 40.0 Å². The van der Waals surface area contributed by atoms with Gasteiger partial charge >= 0.3 is 0 Å². The molecule has 6 aromatic carbocycles. The Balaban J connectivity index is 1.21. The molecule has 0 atom stereocenters. The van der Waals surface area contributed by atoms with Gasteiger partial charge in [0, 0.05) is 86.8 Å². The molecule has 0 radical (unpaired) electrons.